The summed E-state index contributed by atoms with van der Waals surface area (Å²) in [5.41, 5.74) is 1.42. The molecule has 0 saturated carbocycles. The third-order valence-electron chi connectivity index (χ3n) is 5.38. The van der Waals surface area contributed by atoms with Crippen LogP contribution < -0.4 is 0 Å². The van der Waals surface area contributed by atoms with Crippen molar-refractivity contribution in [1.82, 2.24) is 19.0 Å². The lowest BCUT2D eigenvalue weighted by molar-refractivity contribution is -0.137. The van der Waals surface area contributed by atoms with Crippen LogP contribution in [0, 0.1) is 13.8 Å². The number of carbonyl (C=O) groups excluding carboxylic acids is 1. The monoisotopic (exact) mass is 490 g/mol. The highest BCUT2D eigenvalue weighted by Gasteiger charge is 2.35. The average Bonchev–Trinajstić information content (AvgIpc) is 2.96. The summed E-state index contributed by atoms with van der Waals surface area (Å²) in [7, 11) is -2.45. The van der Waals surface area contributed by atoms with E-state index in [-0.39, 0.29) is 37.1 Å². The molecule has 2 heterocycles. The molecule has 1 aromatic heterocycles. The van der Waals surface area contributed by atoms with Crippen LogP contribution in [0.3, 0.4) is 0 Å². The van der Waals surface area contributed by atoms with Crippen molar-refractivity contribution in [3.05, 3.63) is 51.8 Å². The fourth-order valence-corrected chi connectivity index (χ4v) is 5.38. The first kappa shape index (κ1) is 24.3. The normalized spacial score (nSPS) is 16.2. The van der Waals surface area contributed by atoms with Crippen LogP contribution in [0.2, 0.25) is 5.02 Å². The molecule has 0 unspecified atom stereocenters. The van der Waals surface area contributed by atoms with Gasteiger partial charge in [0.25, 0.3) is 0 Å². The molecule has 0 bridgehead atoms. The summed E-state index contributed by atoms with van der Waals surface area (Å²) in [4.78, 5) is 13.4. The Labute approximate surface area is 189 Å². The fourth-order valence-electron chi connectivity index (χ4n) is 3.46. The van der Waals surface area contributed by atoms with Crippen molar-refractivity contribution < 1.29 is 26.4 Å². The molecule has 1 fully saturated rings. The van der Waals surface area contributed by atoms with Gasteiger partial charge >= 0.3 is 6.18 Å². The number of carbonyl (C=O) groups is 1. The standard InChI is InChI=1S/C20H22ClF3N4O3S/c1-13-16(14(2)26(3)25-13)5-7-19(29)27-8-10-28(11-9-27)32(30,31)18-12-15(20(22,23)24)4-6-17(18)21/h4-7,12H,8-11H2,1-3H3/b7-5+. The largest absolute Gasteiger partial charge is 0.416 e. The number of amides is 1. The van der Waals surface area contributed by atoms with Gasteiger partial charge in [0, 0.05) is 50.6 Å². The van der Waals surface area contributed by atoms with Gasteiger partial charge in [0.2, 0.25) is 15.9 Å². The molecular formula is C20H22ClF3N4O3S. The zero-order valence-corrected chi connectivity index (χ0v) is 19.2. The summed E-state index contributed by atoms with van der Waals surface area (Å²) < 4.78 is 67.6. The van der Waals surface area contributed by atoms with Gasteiger partial charge in [-0.15, -0.1) is 0 Å². The summed E-state index contributed by atoms with van der Waals surface area (Å²) >= 11 is 5.90. The van der Waals surface area contributed by atoms with E-state index in [0.29, 0.717) is 6.07 Å². The predicted molar refractivity (Wildman–Crippen MR) is 114 cm³/mol. The zero-order chi connectivity index (χ0) is 23.8. The van der Waals surface area contributed by atoms with Crippen LogP contribution in [0.4, 0.5) is 13.2 Å². The number of piperazine rings is 1. The molecule has 12 heteroatoms. The first-order chi connectivity index (χ1) is 14.8. The highest BCUT2D eigenvalue weighted by atomic mass is 35.5. The van der Waals surface area contributed by atoms with Gasteiger partial charge < -0.3 is 4.90 Å². The van der Waals surface area contributed by atoms with Crippen LogP contribution in [0.1, 0.15) is 22.5 Å². The summed E-state index contributed by atoms with van der Waals surface area (Å²) in [6.07, 6.45) is -1.62. The molecule has 0 aliphatic carbocycles. The van der Waals surface area contributed by atoms with Crippen molar-refractivity contribution in [3.8, 4) is 0 Å². The number of hydrogen-bond donors (Lipinski definition) is 0. The Hall–Kier alpha value is -2.37. The van der Waals surface area contributed by atoms with E-state index in [4.69, 9.17) is 11.6 Å². The molecule has 1 amide bonds. The average molecular weight is 491 g/mol. The van der Waals surface area contributed by atoms with Crippen LogP contribution in [-0.4, -0.2) is 59.5 Å². The lowest BCUT2D eigenvalue weighted by Gasteiger charge is -2.33. The van der Waals surface area contributed by atoms with E-state index in [1.54, 1.807) is 17.8 Å². The summed E-state index contributed by atoms with van der Waals surface area (Å²) in [5.74, 6) is -0.290. The number of rotatable bonds is 4. The lowest BCUT2D eigenvalue weighted by Crippen LogP contribution is -2.50. The van der Waals surface area contributed by atoms with Crippen molar-refractivity contribution >= 4 is 33.6 Å². The highest BCUT2D eigenvalue weighted by Crippen LogP contribution is 2.34. The van der Waals surface area contributed by atoms with E-state index in [2.05, 4.69) is 5.10 Å². The van der Waals surface area contributed by atoms with Crippen LogP contribution in [0.25, 0.3) is 6.08 Å². The summed E-state index contributed by atoms with van der Waals surface area (Å²) in [5, 5.41) is 3.99. The number of aryl methyl sites for hydroxylation is 2. The molecule has 0 N–H and O–H groups in total. The second-order valence-corrected chi connectivity index (χ2v) is 9.73. The van der Waals surface area contributed by atoms with E-state index < -0.39 is 26.7 Å². The lowest BCUT2D eigenvalue weighted by atomic mass is 10.2. The Morgan fingerprint density at radius 3 is 2.31 bits per heavy atom. The molecule has 0 spiro atoms. The van der Waals surface area contributed by atoms with Crippen molar-refractivity contribution in [3.63, 3.8) is 0 Å². The molecule has 174 valence electrons. The molecule has 0 atom stereocenters. The Morgan fingerprint density at radius 2 is 1.78 bits per heavy atom. The van der Waals surface area contributed by atoms with Gasteiger partial charge in [-0.1, -0.05) is 11.6 Å². The Morgan fingerprint density at radius 1 is 1.16 bits per heavy atom. The van der Waals surface area contributed by atoms with E-state index in [9.17, 15) is 26.4 Å². The Balaban J connectivity index is 1.71. The molecule has 3 rings (SSSR count). The van der Waals surface area contributed by atoms with Crippen LogP contribution in [-0.2, 0) is 28.0 Å². The van der Waals surface area contributed by atoms with E-state index >= 15 is 0 Å². The van der Waals surface area contributed by atoms with Crippen molar-refractivity contribution in [2.75, 3.05) is 26.2 Å². The maximum absolute atomic E-state index is 13.0. The zero-order valence-electron chi connectivity index (χ0n) is 17.6. The molecule has 0 radical (unpaired) electrons. The van der Waals surface area contributed by atoms with Crippen LogP contribution >= 0.6 is 11.6 Å². The van der Waals surface area contributed by atoms with Gasteiger partial charge in [-0.05, 0) is 38.1 Å². The minimum atomic E-state index is -4.70. The topological polar surface area (TPSA) is 75.5 Å². The van der Waals surface area contributed by atoms with Crippen molar-refractivity contribution in [1.29, 1.82) is 0 Å². The van der Waals surface area contributed by atoms with E-state index in [1.807, 2.05) is 13.8 Å². The van der Waals surface area contributed by atoms with Crippen LogP contribution in [0.15, 0.2) is 29.2 Å². The van der Waals surface area contributed by atoms with Crippen molar-refractivity contribution in [2.24, 2.45) is 7.05 Å². The number of alkyl halides is 3. The van der Waals surface area contributed by atoms with Gasteiger partial charge in [-0.2, -0.15) is 22.6 Å². The molecule has 1 aliphatic rings. The van der Waals surface area contributed by atoms with Gasteiger partial charge in [0.05, 0.1) is 16.3 Å². The van der Waals surface area contributed by atoms with Gasteiger partial charge in [-0.25, -0.2) is 8.42 Å². The minimum absolute atomic E-state index is 0.0561. The number of sulfonamides is 1. The molecule has 7 nitrogen and oxygen atoms in total. The van der Waals surface area contributed by atoms with Gasteiger partial charge in [-0.3, -0.25) is 9.48 Å². The van der Waals surface area contributed by atoms with E-state index in [1.165, 1.54) is 11.0 Å². The van der Waals surface area contributed by atoms with Crippen molar-refractivity contribution in [2.45, 2.75) is 24.9 Å². The Kier molecular flexibility index (Phi) is 6.73. The quantitative estimate of drug-likeness (QED) is 0.617. The van der Waals surface area contributed by atoms with Crippen LogP contribution in [0.5, 0.6) is 0 Å². The predicted octanol–water partition coefficient (Wildman–Crippen LogP) is 3.26. The maximum Gasteiger partial charge on any atom is 0.416 e. The molecule has 1 aromatic carbocycles. The van der Waals surface area contributed by atoms with Gasteiger partial charge in [0.1, 0.15) is 4.90 Å². The fraction of sp³-hybridized carbons (Fsp3) is 0.400. The smallest absolute Gasteiger partial charge is 0.337 e. The molecule has 1 aliphatic heterocycles. The summed E-state index contributed by atoms with van der Waals surface area (Å²) in [6.45, 7) is 3.80. The second-order valence-electron chi connectivity index (χ2n) is 7.41. The number of aromatic nitrogens is 2. The number of benzene rings is 1. The number of nitrogens with zero attached hydrogens (tertiary/aromatic N) is 4. The van der Waals surface area contributed by atoms with Gasteiger partial charge in [0.15, 0.2) is 0 Å². The maximum atomic E-state index is 13.0. The number of hydrogen-bond acceptors (Lipinski definition) is 4. The van der Waals surface area contributed by atoms with E-state index in [0.717, 1.165) is 33.4 Å². The Bertz CT molecular complexity index is 1170. The summed E-state index contributed by atoms with van der Waals surface area (Å²) in [6, 6.07) is 2.19. The third-order valence-corrected chi connectivity index (χ3v) is 7.76. The molecule has 32 heavy (non-hydrogen) atoms. The first-order valence-electron chi connectivity index (χ1n) is 9.66. The second kappa shape index (κ2) is 8.87. The minimum Gasteiger partial charge on any atom is -0.337 e. The molecule has 2 aromatic rings. The molecule has 1 saturated heterocycles. The number of halogens is 4. The molecular weight excluding hydrogens is 469 g/mol. The highest BCUT2D eigenvalue weighted by molar-refractivity contribution is 7.89. The third kappa shape index (κ3) is 4.84. The SMILES string of the molecule is Cc1nn(C)c(C)c1/C=C/C(=O)N1CCN(S(=O)(=O)c2cc(C(F)(F)F)ccc2Cl)CC1. The first-order valence-corrected chi connectivity index (χ1v) is 11.5.